The van der Waals surface area contributed by atoms with Crippen LogP contribution >= 0.6 is 24.0 Å². The van der Waals surface area contributed by atoms with E-state index in [0.717, 1.165) is 17.1 Å². The molecule has 1 aliphatic rings. The van der Waals surface area contributed by atoms with Crippen molar-refractivity contribution < 1.29 is 9.53 Å². The van der Waals surface area contributed by atoms with Gasteiger partial charge in [-0.1, -0.05) is 30.3 Å². The minimum absolute atomic E-state index is 0. The largest absolute Gasteiger partial charge is 0.444 e. The Kier molecular flexibility index (Phi) is 7.88. The number of piperazine rings is 1. The summed E-state index contributed by atoms with van der Waals surface area (Å²) in [5, 5.41) is 0. The number of benzene rings is 1. The third-order valence-corrected chi connectivity index (χ3v) is 4.36. The maximum absolute atomic E-state index is 12.1. The summed E-state index contributed by atoms with van der Waals surface area (Å²) in [6, 6.07) is 10.0. The van der Waals surface area contributed by atoms with E-state index in [1.54, 1.807) is 11.1 Å². The molecule has 1 fully saturated rings. The van der Waals surface area contributed by atoms with Crippen LogP contribution in [0, 0.1) is 0 Å². The summed E-state index contributed by atoms with van der Waals surface area (Å²) in [4.78, 5) is 27.9. The van der Waals surface area contributed by atoms with Crippen LogP contribution in [-0.4, -0.2) is 63.6 Å². The first-order chi connectivity index (χ1) is 13.3. The number of aromatic amines is 1. The quantitative estimate of drug-likeness (QED) is 0.374. The molecule has 1 saturated heterocycles. The number of carbonyl (C=O) groups is 1. The molecule has 3 rings (SSSR count). The summed E-state index contributed by atoms with van der Waals surface area (Å²) < 4.78 is 5.41. The highest BCUT2D eigenvalue weighted by molar-refractivity contribution is 14.0. The van der Waals surface area contributed by atoms with Crippen molar-refractivity contribution >= 4 is 36.0 Å². The normalized spacial score (nSPS) is 15.1. The van der Waals surface area contributed by atoms with Crippen molar-refractivity contribution in [2.45, 2.75) is 32.9 Å². The van der Waals surface area contributed by atoms with Crippen LogP contribution in [0.25, 0.3) is 11.3 Å². The van der Waals surface area contributed by atoms with Crippen molar-refractivity contribution in [3.63, 3.8) is 0 Å². The lowest BCUT2D eigenvalue weighted by Gasteiger charge is -2.36. The number of rotatable bonds is 3. The number of aliphatic imine (C=N–C) groups is 1. The Morgan fingerprint density at radius 2 is 1.79 bits per heavy atom. The Hall–Kier alpha value is -2.30. The van der Waals surface area contributed by atoms with Crippen LogP contribution in [-0.2, 0) is 11.3 Å². The Labute approximate surface area is 188 Å². The molecule has 1 aliphatic heterocycles. The monoisotopic (exact) mass is 512 g/mol. The molecule has 0 unspecified atom stereocenters. The lowest BCUT2D eigenvalue weighted by molar-refractivity contribution is 0.0186. The van der Waals surface area contributed by atoms with Crippen molar-refractivity contribution in [1.82, 2.24) is 19.8 Å². The number of imidazole rings is 1. The number of hydrogen-bond acceptors (Lipinski definition) is 4. The van der Waals surface area contributed by atoms with Crippen LogP contribution in [0.3, 0.4) is 0 Å². The summed E-state index contributed by atoms with van der Waals surface area (Å²) in [7, 11) is 0. The van der Waals surface area contributed by atoms with Crippen LogP contribution in [0.1, 0.15) is 26.6 Å². The van der Waals surface area contributed by atoms with Gasteiger partial charge >= 0.3 is 6.09 Å². The highest BCUT2D eigenvalue weighted by atomic mass is 127. The van der Waals surface area contributed by atoms with E-state index >= 15 is 0 Å². The van der Waals surface area contributed by atoms with Gasteiger partial charge in [0.15, 0.2) is 5.96 Å². The average Bonchev–Trinajstić information content (AvgIpc) is 3.15. The summed E-state index contributed by atoms with van der Waals surface area (Å²) in [6.07, 6.45) is 1.52. The van der Waals surface area contributed by atoms with Crippen LogP contribution < -0.4 is 5.73 Å². The molecule has 0 aliphatic carbocycles. The van der Waals surface area contributed by atoms with Crippen molar-refractivity contribution in [2.75, 3.05) is 26.2 Å². The second-order valence-electron chi connectivity index (χ2n) is 7.74. The van der Waals surface area contributed by atoms with Gasteiger partial charge in [0.2, 0.25) is 0 Å². The van der Waals surface area contributed by atoms with E-state index in [-0.39, 0.29) is 30.1 Å². The number of ether oxygens (including phenoxy) is 1. The number of nitrogens with zero attached hydrogens (tertiary/aromatic N) is 4. The Morgan fingerprint density at radius 1 is 1.17 bits per heavy atom. The van der Waals surface area contributed by atoms with E-state index in [0.29, 0.717) is 38.7 Å². The van der Waals surface area contributed by atoms with Gasteiger partial charge in [0.1, 0.15) is 18.0 Å². The highest BCUT2D eigenvalue weighted by Crippen LogP contribution is 2.16. The molecule has 0 atom stereocenters. The zero-order chi connectivity index (χ0) is 20.1. The molecule has 0 saturated carbocycles. The van der Waals surface area contributed by atoms with Gasteiger partial charge in [0.25, 0.3) is 0 Å². The minimum atomic E-state index is -0.490. The van der Waals surface area contributed by atoms with Gasteiger partial charge in [-0.05, 0) is 26.3 Å². The number of halogens is 1. The van der Waals surface area contributed by atoms with Gasteiger partial charge in [0.05, 0.1) is 11.9 Å². The predicted octanol–water partition coefficient (Wildman–Crippen LogP) is 3.06. The Morgan fingerprint density at radius 3 is 2.41 bits per heavy atom. The first kappa shape index (κ1) is 23.0. The maximum Gasteiger partial charge on any atom is 0.410 e. The maximum atomic E-state index is 12.1. The number of carbonyl (C=O) groups excluding carboxylic acids is 1. The molecule has 1 aromatic heterocycles. The topological polar surface area (TPSA) is 99.8 Å². The first-order valence-corrected chi connectivity index (χ1v) is 9.44. The van der Waals surface area contributed by atoms with Crippen molar-refractivity contribution in [3.05, 3.63) is 42.4 Å². The van der Waals surface area contributed by atoms with Gasteiger partial charge in [-0.2, -0.15) is 0 Å². The SMILES string of the molecule is CC(C)(C)OC(=O)N1CCN(C(N)=NCc2ncc(-c3ccccc3)[nH]2)CC1.I. The fraction of sp³-hybridized carbons (Fsp3) is 0.450. The van der Waals surface area contributed by atoms with Gasteiger partial charge in [-0.15, -0.1) is 24.0 Å². The Balaban J connectivity index is 0.00000300. The number of guanidine groups is 1. The molecule has 29 heavy (non-hydrogen) atoms. The second-order valence-corrected chi connectivity index (χ2v) is 7.74. The van der Waals surface area contributed by atoms with Crippen molar-refractivity contribution in [3.8, 4) is 11.3 Å². The zero-order valence-electron chi connectivity index (χ0n) is 17.1. The van der Waals surface area contributed by atoms with Crippen LogP contribution in [0.4, 0.5) is 4.79 Å². The third kappa shape index (κ3) is 6.62. The summed E-state index contributed by atoms with van der Waals surface area (Å²) >= 11 is 0. The third-order valence-electron chi connectivity index (χ3n) is 4.36. The van der Waals surface area contributed by atoms with E-state index in [9.17, 15) is 4.79 Å². The van der Waals surface area contributed by atoms with E-state index in [2.05, 4.69) is 15.0 Å². The van der Waals surface area contributed by atoms with Gasteiger partial charge in [-0.25, -0.2) is 14.8 Å². The average molecular weight is 512 g/mol. The molecule has 2 heterocycles. The molecular formula is C20H29IN6O2. The minimum Gasteiger partial charge on any atom is -0.444 e. The number of nitrogens with two attached hydrogens (primary N) is 1. The molecule has 8 nitrogen and oxygen atoms in total. The van der Waals surface area contributed by atoms with Gasteiger partial charge in [-0.3, -0.25) is 0 Å². The summed E-state index contributed by atoms with van der Waals surface area (Å²) in [5.41, 5.74) is 7.68. The molecule has 9 heteroatoms. The molecule has 0 radical (unpaired) electrons. The van der Waals surface area contributed by atoms with E-state index in [1.807, 2.05) is 56.0 Å². The molecule has 0 spiro atoms. The predicted molar refractivity (Wildman–Crippen MR) is 124 cm³/mol. The molecule has 158 valence electrons. The Bertz CT molecular complexity index is 823. The molecule has 2 aromatic rings. The standard InChI is InChI=1S/C20H28N6O2.HI/c1-20(2,3)28-19(27)26-11-9-25(10-12-26)18(21)23-14-17-22-13-16(24-17)15-7-5-4-6-8-15;/h4-8,13H,9-12,14H2,1-3H3,(H2,21,23)(H,22,24);1H. The molecule has 1 amide bonds. The van der Waals surface area contributed by atoms with Crippen molar-refractivity contribution in [2.24, 2.45) is 10.7 Å². The number of aromatic nitrogens is 2. The van der Waals surface area contributed by atoms with Crippen LogP contribution in [0.2, 0.25) is 0 Å². The van der Waals surface area contributed by atoms with Crippen LogP contribution in [0.5, 0.6) is 0 Å². The second kappa shape index (κ2) is 9.95. The first-order valence-electron chi connectivity index (χ1n) is 9.44. The lowest BCUT2D eigenvalue weighted by atomic mass is 10.2. The van der Waals surface area contributed by atoms with Crippen molar-refractivity contribution in [1.29, 1.82) is 0 Å². The number of H-pyrrole nitrogens is 1. The van der Waals surface area contributed by atoms with Gasteiger partial charge < -0.3 is 25.3 Å². The van der Waals surface area contributed by atoms with E-state index < -0.39 is 5.60 Å². The summed E-state index contributed by atoms with van der Waals surface area (Å²) in [5.74, 6) is 1.22. The fourth-order valence-corrected chi connectivity index (χ4v) is 2.91. The van der Waals surface area contributed by atoms with Crippen LogP contribution in [0.15, 0.2) is 41.5 Å². The molecule has 0 bridgehead atoms. The lowest BCUT2D eigenvalue weighted by Crippen LogP contribution is -2.53. The van der Waals surface area contributed by atoms with Gasteiger partial charge in [0, 0.05) is 26.2 Å². The highest BCUT2D eigenvalue weighted by Gasteiger charge is 2.26. The zero-order valence-corrected chi connectivity index (χ0v) is 19.4. The molecule has 1 aromatic carbocycles. The number of amides is 1. The molecule has 3 N–H and O–H groups in total. The van der Waals surface area contributed by atoms with E-state index in [1.165, 1.54) is 0 Å². The smallest absolute Gasteiger partial charge is 0.410 e. The van der Waals surface area contributed by atoms with E-state index in [4.69, 9.17) is 10.5 Å². The fourth-order valence-electron chi connectivity index (χ4n) is 2.91. The molecular weight excluding hydrogens is 483 g/mol. The number of nitrogens with one attached hydrogen (secondary N) is 1. The number of hydrogen-bond donors (Lipinski definition) is 2. The summed E-state index contributed by atoms with van der Waals surface area (Å²) in [6.45, 7) is 8.35.